The summed E-state index contributed by atoms with van der Waals surface area (Å²) in [6.07, 6.45) is 1.76. The van der Waals surface area contributed by atoms with E-state index in [1.54, 1.807) is 13.1 Å². The Balaban J connectivity index is 1.72. The summed E-state index contributed by atoms with van der Waals surface area (Å²) < 4.78 is 6.88. The molecule has 0 aliphatic rings. The first kappa shape index (κ1) is 17.5. The minimum atomic E-state index is -0.582. The lowest BCUT2D eigenvalue weighted by Gasteiger charge is -2.05. The Morgan fingerprint density at radius 3 is 2.82 bits per heavy atom. The fourth-order valence-corrected chi connectivity index (χ4v) is 3.13. The number of hydrogen-bond donors (Lipinski definition) is 3. The number of ether oxygens (including phenoxy) is 1. The molecule has 28 heavy (non-hydrogen) atoms. The predicted octanol–water partition coefficient (Wildman–Crippen LogP) is 2.46. The molecule has 142 valence electrons. The van der Waals surface area contributed by atoms with Crippen LogP contribution in [-0.2, 0) is 11.8 Å². The number of H-pyrrole nitrogens is 1. The van der Waals surface area contributed by atoms with Crippen molar-refractivity contribution >= 4 is 45.4 Å². The predicted molar refractivity (Wildman–Crippen MR) is 105 cm³/mol. The topological polar surface area (TPSA) is 128 Å². The van der Waals surface area contributed by atoms with Crippen molar-refractivity contribution in [3.05, 3.63) is 47.7 Å². The average Bonchev–Trinajstić information content (AvgIpc) is 3.22. The Labute approximate surface area is 159 Å². The van der Waals surface area contributed by atoms with Crippen LogP contribution in [0.1, 0.15) is 27.6 Å². The molecule has 0 saturated heterocycles. The van der Waals surface area contributed by atoms with E-state index in [9.17, 15) is 9.59 Å². The van der Waals surface area contributed by atoms with Gasteiger partial charge in [0.2, 0.25) is 0 Å². The SMILES string of the molecule is CCOC(=O)c1cc2c(NC(=O)c3cn(C)c4ccccc34)n[nH]c2nc1N. The first-order valence-electron chi connectivity index (χ1n) is 8.66. The largest absolute Gasteiger partial charge is 0.462 e. The lowest BCUT2D eigenvalue weighted by atomic mass is 10.1. The summed E-state index contributed by atoms with van der Waals surface area (Å²) in [4.78, 5) is 29.1. The zero-order valence-electron chi connectivity index (χ0n) is 15.3. The number of aromatic amines is 1. The van der Waals surface area contributed by atoms with Gasteiger partial charge in [0.25, 0.3) is 5.91 Å². The van der Waals surface area contributed by atoms with Gasteiger partial charge in [-0.1, -0.05) is 18.2 Å². The Kier molecular flexibility index (Phi) is 4.19. The molecule has 9 heteroatoms. The highest BCUT2D eigenvalue weighted by molar-refractivity contribution is 6.15. The second-order valence-electron chi connectivity index (χ2n) is 6.23. The van der Waals surface area contributed by atoms with E-state index >= 15 is 0 Å². The number of aromatic nitrogens is 4. The third kappa shape index (κ3) is 2.82. The lowest BCUT2D eigenvalue weighted by Crippen LogP contribution is -2.12. The monoisotopic (exact) mass is 378 g/mol. The third-order valence-electron chi connectivity index (χ3n) is 4.45. The number of amides is 1. The maximum Gasteiger partial charge on any atom is 0.341 e. The molecule has 4 aromatic rings. The van der Waals surface area contributed by atoms with Gasteiger partial charge >= 0.3 is 5.97 Å². The standard InChI is InChI=1S/C19H18N6O3/c1-3-28-19(27)11-8-12-16(21-15(11)20)23-24-17(12)22-18(26)13-9-25(2)14-7-5-4-6-10(13)14/h4-9H,3H2,1-2H3,(H4,20,21,22,23,24,26). The van der Waals surface area contributed by atoms with E-state index in [0.29, 0.717) is 16.6 Å². The minimum Gasteiger partial charge on any atom is -0.462 e. The van der Waals surface area contributed by atoms with Crippen molar-refractivity contribution in [3.8, 4) is 0 Å². The van der Waals surface area contributed by atoms with Crippen LogP contribution in [0.25, 0.3) is 21.9 Å². The van der Waals surface area contributed by atoms with E-state index in [1.165, 1.54) is 6.07 Å². The molecule has 4 N–H and O–H groups in total. The molecule has 1 amide bonds. The molecule has 1 aromatic carbocycles. The van der Waals surface area contributed by atoms with Crippen LogP contribution in [0, 0.1) is 0 Å². The van der Waals surface area contributed by atoms with E-state index in [4.69, 9.17) is 10.5 Å². The number of carbonyl (C=O) groups excluding carboxylic acids is 2. The Morgan fingerprint density at radius 2 is 2.04 bits per heavy atom. The summed E-state index contributed by atoms with van der Waals surface area (Å²) in [5, 5.41) is 10.9. The number of benzene rings is 1. The van der Waals surface area contributed by atoms with Crippen molar-refractivity contribution in [2.75, 3.05) is 17.7 Å². The summed E-state index contributed by atoms with van der Waals surface area (Å²) in [7, 11) is 1.88. The van der Waals surface area contributed by atoms with Gasteiger partial charge in [0.15, 0.2) is 11.5 Å². The quantitative estimate of drug-likeness (QED) is 0.468. The van der Waals surface area contributed by atoms with E-state index < -0.39 is 5.97 Å². The number of para-hydroxylation sites is 1. The molecule has 0 aliphatic heterocycles. The summed E-state index contributed by atoms with van der Waals surface area (Å²) in [5.41, 5.74) is 7.78. The van der Waals surface area contributed by atoms with Crippen LogP contribution in [-0.4, -0.2) is 38.2 Å². The zero-order valence-corrected chi connectivity index (χ0v) is 15.3. The van der Waals surface area contributed by atoms with Gasteiger partial charge < -0.3 is 20.4 Å². The number of aryl methyl sites for hydroxylation is 1. The van der Waals surface area contributed by atoms with Gasteiger partial charge in [-0.2, -0.15) is 5.10 Å². The molecule has 3 aromatic heterocycles. The van der Waals surface area contributed by atoms with Crippen molar-refractivity contribution < 1.29 is 14.3 Å². The van der Waals surface area contributed by atoms with Crippen molar-refractivity contribution in [1.29, 1.82) is 0 Å². The Hall–Kier alpha value is -3.88. The van der Waals surface area contributed by atoms with Crippen LogP contribution < -0.4 is 11.1 Å². The van der Waals surface area contributed by atoms with Gasteiger partial charge in [-0.15, -0.1) is 0 Å². The number of nitrogen functional groups attached to an aromatic ring is 1. The first-order valence-corrected chi connectivity index (χ1v) is 8.66. The fourth-order valence-electron chi connectivity index (χ4n) is 3.13. The molecular weight excluding hydrogens is 360 g/mol. The number of nitrogens with two attached hydrogens (primary N) is 1. The minimum absolute atomic E-state index is 0.0292. The molecule has 4 rings (SSSR count). The number of hydrogen-bond acceptors (Lipinski definition) is 6. The highest BCUT2D eigenvalue weighted by Crippen LogP contribution is 2.26. The number of nitrogens with one attached hydrogen (secondary N) is 2. The van der Waals surface area contributed by atoms with Crippen LogP contribution in [0.4, 0.5) is 11.6 Å². The molecule has 0 saturated carbocycles. The second kappa shape index (κ2) is 6.69. The Bertz CT molecular complexity index is 1220. The number of rotatable bonds is 4. The molecule has 0 radical (unpaired) electrons. The molecule has 0 aliphatic carbocycles. The van der Waals surface area contributed by atoms with Gasteiger partial charge in [-0.3, -0.25) is 9.89 Å². The van der Waals surface area contributed by atoms with Gasteiger partial charge in [0.1, 0.15) is 11.4 Å². The van der Waals surface area contributed by atoms with Crippen molar-refractivity contribution in [3.63, 3.8) is 0 Å². The van der Waals surface area contributed by atoms with Crippen LogP contribution in [0.3, 0.4) is 0 Å². The van der Waals surface area contributed by atoms with Crippen molar-refractivity contribution in [2.24, 2.45) is 7.05 Å². The smallest absolute Gasteiger partial charge is 0.341 e. The highest BCUT2D eigenvalue weighted by atomic mass is 16.5. The normalized spacial score (nSPS) is 11.1. The maximum atomic E-state index is 12.9. The van der Waals surface area contributed by atoms with E-state index in [2.05, 4.69) is 20.5 Å². The molecule has 9 nitrogen and oxygen atoms in total. The number of anilines is 2. The summed E-state index contributed by atoms with van der Waals surface area (Å²) in [5.74, 6) is -0.617. The highest BCUT2D eigenvalue weighted by Gasteiger charge is 2.20. The van der Waals surface area contributed by atoms with E-state index in [1.807, 2.05) is 35.9 Å². The van der Waals surface area contributed by atoms with Gasteiger partial charge in [0.05, 0.1) is 17.6 Å². The zero-order chi connectivity index (χ0) is 19.8. The van der Waals surface area contributed by atoms with Gasteiger partial charge in [-0.25, -0.2) is 9.78 Å². The molecule has 0 bridgehead atoms. The molecule has 0 spiro atoms. The van der Waals surface area contributed by atoms with E-state index in [0.717, 1.165) is 10.9 Å². The van der Waals surface area contributed by atoms with Crippen LogP contribution in [0.2, 0.25) is 0 Å². The van der Waals surface area contributed by atoms with Crippen LogP contribution in [0.5, 0.6) is 0 Å². The first-order chi connectivity index (χ1) is 13.5. The molecule has 0 atom stereocenters. The third-order valence-corrected chi connectivity index (χ3v) is 4.45. The van der Waals surface area contributed by atoms with Crippen molar-refractivity contribution in [2.45, 2.75) is 6.92 Å². The van der Waals surface area contributed by atoms with Crippen LogP contribution in [0.15, 0.2) is 36.5 Å². The van der Waals surface area contributed by atoms with E-state index in [-0.39, 0.29) is 29.7 Å². The molecule has 3 heterocycles. The fraction of sp³-hybridized carbons (Fsp3) is 0.158. The number of pyridine rings is 1. The molecular formula is C19H18N6O3. The Morgan fingerprint density at radius 1 is 1.25 bits per heavy atom. The number of carbonyl (C=O) groups is 2. The van der Waals surface area contributed by atoms with Gasteiger partial charge in [0, 0.05) is 24.1 Å². The van der Waals surface area contributed by atoms with Crippen LogP contribution >= 0.6 is 0 Å². The summed E-state index contributed by atoms with van der Waals surface area (Å²) in [6.45, 7) is 1.92. The maximum absolute atomic E-state index is 12.9. The summed E-state index contributed by atoms with van der Waals surface area (Å²) >= 11 is 0. The number of esters is 1. The van der Waals surface area contributed by atoms with Crippen molar-refractivity contribution in [1.82, 2.24) is 19.7 Å². The average molecular weight is 378 g/mol. The lowest BCUT2D eigenvalue weighted by molar-refractivity contribution is 0.0527. The number of fused-ring (bicyclic) bond motifs is 2. The summed E-state index contributed by atoms with van der Waals surface area (Å²) in [6, 6.07) is 9.12. The number of nitrogens with zero attached hydrogens (tertiary/aromatic N) is 3. The second-order valence-corrected chi connectivity index (χ2v) is 6.23. The molecule has 0 fully saturated rings. The molecule has 0 unspecified atom stereocenters. The van der Waals surface area contributed by atoms with Gasteiger partial charge in [-0.05, 0) is 19.1 Å².